The van der Waals surface area contributed by atoms with Crippen LogP contribution in [0, 0.1) is 5.82 Å². The van der Waals surface area contributed by atoms with Crippen LogP contribution in [-0.2, 0) is 6.54 Å². The van der Waals surface area contributed by atoms with Gasteiger partial charge in [-0.2, -0.15) is 4.98 Å². The Hall–Kier alpha value is -3.94. The molecule has 2 aromatic carbocycles. The van der Waals surface area contributed by atoms with Crippen molar-refractivity contribution in [1.82, 2.24) is 9.55 Å². The van der Waals surface area contributed by atoms with Crippen LogP contribution in [0.1, 0.15) is 40.7 Å². The number of rotatable bonds is 9. The lowest BCUT2D eigenvalue weighted by molar-refractivity contribution is 0.0697. The normalized spacial score (nSPS) is 11.0. The summed E-state index contributed by atoms with van der Waals surface area (Å²) >= 11 is 0. The molecule has 31 heavy (non-hydrogen) atoms. The molecule has 0 unspecified atom stereocenters. The zero-order chi connectivity index (χ0) is 22.4. The van der Waals surface area contributed by atoms with Crippen LogP contribution in [0.4, 0.5) is 4.39 Å². The van der Waals surface area contributed by atoms with Gasteiger partial charge < -0.3 is 15.1 Å². The molecule has 0 aliphatic heterocycles. The standard InChI is InChI=1S/C23H22FN3O4/c1-3-11-31-23-26-20(4-2)21(13-25-30)27(23)14-16-10-9-15(12-19(16)24)17-7-5-6-8-18(17)22(28)29/h4-10,12-13,30H,2-3,11,14H2,1H3,(H,28,29). The molecule has 8 heteroatoms. The van der Waals surface area contributed by atoms with Crippen molar-refractivity contribution in [3.63, 3.8) is 0 Å². The molecule has 0 bridgehead atoms. The molecule has 1 heterocycles. The molecule has 0 radical (unpaired) electrons. The van der Waals surface area contributed by atoms with Crippen molar-refractivity contribution in [2.45, 2.75) is 19.9 Å². The van der Waals surface area contributed by atoms with Gasteiger partial charge >= 0.3 is 5.97 Å². The number of nitrogens with zero attached hydrogens (tertiary/aromatic N) is 3. The van der Waals surface area contributed by atoms with Gasteiger partial charge in [0.25, 0.3) is 6.01 Å². The van der Waals surface area contributed by atoms with Crippen molar-refractivity contribution in [1.29, 1.82) is 0 Å². The molecule has 0 aliphatic rings. The summed E-state index contributed by atoms with van der Waals surface area (Å²) in [5, 5.41) is 21.5. The Kier molecular flexibility index (Phi) is 6.81. The van der Waals surface area contributed by atoms with Crippen molar-refractivity contribution in [3.05, 3.63) is 77.4 Å². The molecule has 3 rings (SSSR count). The molecule has 0 saturated heterocycles. The lowest BCUT2D eigenvalue weighted by Gasteiger charge is -2.13. The van der Waals surface area contributed by atoms with Crippen molar-refractivity contribution in [2.24, 2.45) is 5.16 Å². The van der Waals surface area contributed by atoms with E-state index in [2.05, 4.69) is 16.7 Å². The van der Waals surface area contributed by atoms with E-state index in [4.69, 9.17) is 9.94 Å². The van der Waals surface area contributed by atoms with Crippen molar-refractivity contribution in [3.8, 4) is 17.1 Å². The summed E-state index contributed by atoms with van der Waals surface area (Å²) in [6.45, 7) is 6.13. The quantitative estimate of drug-likeness (QED) is 0.296. The number of aromatic carboxylic acids is 1. The van der Waals surface area contributed by atoms with Gasteiger partial charge in [-0.15, -0.1) is 0 Å². The Bertz CT molecular complexity index is 1140. The van der Waals surface area contributed by atoms with Gasteiger partial charge in [-0.3, -0.25) is 4.57 Å². The van der Waals surface area contributed by atoms with Crippen molar-refractivity contribution in [2.75, 3.05) is 6.61 Å². The Morgan fingerprint density at radius 1 is 1.32 bits per heavy atom. The second-order valence-corrected chi connectivity index (χ2v) is 6.71. The van der Waals surface area contributed by atoms with Gasteiger partial charge in [0.2, 0.25) is 0 Å². The van der Waals surface area contributed by atoms with Crippen LogP contribution in [0.5, 0.6) is 6.01 Å². The molecule has 0 fully saturated rings. The lowest BCUT2D eigenvalue weighted by Crippen LogP contribution is -2.10. The van der Waals surface area contributed by atoms with E-state index in [-0.39, 0.29) is 18.1 Å². The minimum absolute atomic E-state index is 0.0634. The Morgan fingerprint density at radius 2 is 2.10 bits per heavy atom. The average molecular weight is 423 g/mol. The van der Waals surface area contributed by atoms with Crippen LogP contribution in [0.25, 0.3) is 17.2 Å². The third-order valence-corrected chi connectivity index (χ3v) is 4.66. The number of imidazole rings is 1. The van der Waals surface area contributed by atoms with Crippen molar-refractivity contribution < 1.29 is 24.2 Å². The summed E-state index contributed by atoms with van der Waals surface area (Å²) in [6, 6.07) is 11.2. The summed E-state index contributed by atoms with van der Waals surface area (Å²) in [6.07, 6.45) is 3.44. The molecule has 160 valence electrons. The molecule has 0 aliphatic carbocycles. The monoisotopic (exact) mass is 423 g/mol. The van der Waals surface area contributed by atoms with Crippen LogP contribution >= 0.6 is 0 Å². The highest BCUT2D eigenvalue weighted by molar-refractivity contribution is 5.96. The zero-order valence-corrected chi connectivity index (χ0v) is 17.0. The van der Waals surface area contributed by atoms with E-state index < -0.39 is 11.8 Å². The predicted octanol–water partition coefficient (Wildman–Crippen LogP) is 4.68. The van der Waals surface area contributed by atoms with Crippen LogP contribution in [-0.4, -0.2) is 38.7 Å². The molecule has 0 spiro atoms. The van der Waals surface area contributed by atoms with Gasteiger partial charge in [0.15, 0.2) is 0 Å². The number of halogens is 1. The fourth-order valence-electron chi connectivity index (χ4n) is 3.19. The van der Waals surface area contributed by atoms with E-state index in [1.807, 2.05) is 6.92 Å². The SMILES string of the molecule is C=Cc1nc(OCCC)n(Cc2ccc(-c3ccccc3C(=O)O)cc2F)c1C=NO. The van der Waals surface area contributed by atoms with Gasteiger partial charge in [-0.1, -0.05) is 49.0 Å². The maximum absolute atomic E-state index is 15.0. The highest BCUT2D eigenvalue weighted by Gasteiger charge is 2.18. The highest BCUT2D eigenvalue weighted by atomic mass is 19.1. The number of hydrogen-bond donors (Lipinski definition) is 2. The van der Waals surface area contributed by atoms with E-state index in [1.165, 1.54) is 24.4 Å². The molecule has 0 saturated carbocycles. The zero-order valence-electron chi connectivity index (χ0n) is 17.0. The first-order chi connectivity index (χ1) is 15.0. The highest BCUT2D eigenvalue weighted by Crippen LogP contribution is 2.27. The van der Waals surface area contributed by atoms with Gasteiger partial charge in [0.05, 0.1) is 36.3 Å². The van der Waals surface area contributed by atoms with E-state index in [0.29, 0.717) is 34.7 Å². The molecule has 0 atom stereocenters. The van der Waals surface area contributed by atoms with Gasteiger partial charge in [-0.25, -0.2) is 9.18 Å². The smallest absolute Gasteiger partial charge is 0.336 e. The number of benzene rings is 2. The minimum atomic E-state index is -1.08. The first kappa shape index (κ1) is 21.8. The minimum Gasteiger partial charge on any atom is -0.478 e. The van der Waals surface area contributed by atoms with Crippen LogP contribution in [0.2, 0.25) is 0 Å². The van der Waals surface area contributed by atoms with Gasteiger partial charge in [0.1, 0.15) is 5.82 Å². The second-order valence-electron chi connectivity index (χ2n) is 6.71. The number of aromatic nitrogens is 2. The first-order valence-corrected chi connectivity index (χ1v) is 9.64. The predicted molar refractivity (Wildman–Crippen MR) is 115 cm³/mol. The summed E-state index contributed by atoms with van der Waals surface area (Å²) in [4.78, 5) is 15.8. The molecule has 1 aromatic heterocycles. The number of carbonyl (C=O) groups is 1. The van der Waals surface area contributed by atoms with Crippen LogP contribution < -0.4 is 4.74 Å². The van der Waals surface area contributed by atoms with E-state index >= 15 is 4.39 Å². The molecular weight excluding hydrogens is 401 g/mol. The lowest BCUT2D eigenvalue weighted by atomic mass is 9.98. The number of hydrogen-bond acceptors (Lipinski definition) is 5. The molecule has 7 nitrogen and oxygen atoms in total. The topological polar surface area (TPSA) is 96.9 Å². The fraction of sp³-hybridized carbons (Fsp3) is 0.174. The summed E-state index contributed by atoms with van der Waals surface area (Å²) in [5.74, 6) is -1.60. The van der Waals surface area contributed by atoms with Crippen LogP contribution in [0.3, 0.4) is 0 Å². The van der Waals surface area contributed by atoms with Gasteiger partial charge in [0, 0.05) is 5.56 Å². The van der Waals surface area contributed by atoms with E-state index in [1.54, 1.807) is 34.9 Å². The molecule has 2 N–H and O–H groups in total. The maximum atomic E-state index is 15.0. The summed E-state index contributed by atoms with van der Waals surface area (Å²) in [5.41, 5.74) is 2.17. The number of oxime groups is 1. The average Bonchev–Trinajstić information content (AvgIpc) is 3.10. The number of carboxylic acid groups (broad SMARTS) is 1. The molecular formula is C23H22FN3O4. The Morgan fingerprint density at radius 3 is 2.74 bits per heavy atom. The summed E-state index contributed by atoms with van der Waals surface area (Å²) in [7, 11) is 0. The Labute approximate surface area is 178 Å². The molecule has 0 amide bonds. The molecule has 3 aromatic rings. The van der Waals surface area contributed by atoms with Gasteiger partial charge in [-0.05, 0) is 35.8 Å². The van der Waals surface area contributed by atoms with Crippen LogP contribution in [0.15, 0.2) is 54.2 Å². The maximum Gasteiger partial charge on any atom is 0.336 e. The summed E-state index contributed by atoms with van der Waals surface area (Å²) < 4.78 is 22.3. The third kappa shape index (κ3) is 4.63. The Balaban J connectivity index is 2.02. The van der Waals surface area contributed by atoms with E-state index in [0.717, 1.165) is 6.42 Å². The number of carboxylic acids is 1. The first-order valence-electron chi connectivity index (χ1n) is 9.64. The van der Waals surface area contributed by atoms with Crippen molar-refractivity contribution >= 4 is 18.3 Å². The second kappa shape index (κ2) is 9.71. The fourth-order valence-corrected chi connectivity index (χ4v) is 3.19. The largest absolute Gasteiger partial charge is 0.478 e. The number of ether oxygens (including phenoxy) is 1. The van der Waals surface area contributed by atoms with E-state index in [9.17, 15) is 9.90 Å². The third-order valence-electron chi connectivity index (χ3n) is 4.66.